The molecule has 3 atom stereocenters. The van der Waals surface area contributed by atoms with E-state index in [-0.39, 0.29) is 24.0 Å². The fourth-order valence-electron chi connectivity index (χ4n) is 2.50. The van der Waals surface area contributed by atoms with Gasteiger partial charge in [0.25, 0.3) is 0 Å². The van der Waals surface area contributed by atoms with E-state index in [0.29, 0.717) is 24.8 Å². The highest BCUT2D eigenvalue weighted by molar-refractivity contribution is 5.90. The van der Waals surface area contributed by atoms with Crippen LogP contribution in [0.4, 0.5) is 0 Å². The summed E-state index contributed by atoms with van der Waals surface area (Å²) in [5.41, 5.74) is 0.672. The van der Waals surface area contributed by atoms with Gasteiger partial charge in [0, 0.05) is 12.8 Å². The van der Waals surface area contributed by atoms with Crippen molar-refractivity contribution >= 4 is 17.8 Å². The zero-order valence-electron chi connectivity index (χ0n) is 15.5. The van der Waals surface area contributed by atoms with Gasteiger partial charge in [-0.05, 0) is 30.0 Å². The second kappa shape index (κ2) is 10.4. The van der Waals surface area contributed by atoms with Crippen molar-refractivity contribution in [1.82, 2.24) is 10.6 Å². The molecule has 1 aromatic carbocycles. The van der Waals surface area contributed by atoms with E-state index in [4.69, 9.17) is 0 Å². The Bertz CT molecular complexity index is 615. The van der Waals surface area contributed by atoms with Crippen molar-refractivity contribution in [3.8, 4) is 5.75 Å². The number of carboxylic acid groups (broad SMARTS) is 1. The zero-order valence-corrected chi connectivity index (χ0v) is 15.5. The van der Waals surface area contributed by atoms with Gasteiger partial charge in [-0.15, -0.1) is 0 Å². The van der Waals surface area contributed by atoms with E-state index < -0.39 is 24.0 Å². The van der Waals surface area contributed by atoms with Crippen LogP contribution < -0.4 is 10.6 Å². The number of nitrogens with one attached hydrogen (secondary N) is 2. The normalized spacial score (nSPS) is 14.1. The molecule has 0 radical (unpaired) electrons. The molecule has 4 N–H and O–H groups in total. The summed E-state index contributed by atoms with van der Waals surface area (Å²) in [7, 11) is 0. The fraction of sp³-hybridized carbons (Fsp3) is 0.526. The Balaban J connectivity index is 2.85. The average molecular weight is 364 g/mol. The molecule has 0 saturated carbocycles. The summed E-state index contributed by atoms with van der Waals surface area (Å²) >= 11 is 0. The summed E-state index contributed by atoms with van der Waals surface area (Å²) in [5, 5.41) is 24.0. The maximum atomic E-state index is 12.6. The number of aliphatic carboxylic acids is 1. The van der Waals surface area contributed by atoms with Crippen LogP contribution in [-0.4, -0.2) is 40.1 Å². The topological polar surface area (TPSA) is 116 Å². The van der Waals surface area contributed by atoms with Crippen molar-refractivity contribution in [2.75, 3.05) is 0 Å². The Hall–Kier alpha value is -2.57. The minimum absolute atomic E-state index is 0.0808. The molecule has 0 saturated heterocycles. The van der Waals surface area contributed by atoms with Crippen molar-refractivity contribution in [2.45, 2.75) is 58.5 Å². The van der Waals surface area contributed by atoms with Crippen LogP contribution in [0.1, 0.15) is 45.6 Å². The highest BCUT2D eigenvalue weighted by Crippen LogP contribution is 2.13. The molecule has 0 bridgehead atoms. The van der Waals surface area contributed by atoms with Crippen LogP contribution in [0.5, 0.6) is 5.75 Å². The van der Waals surface area contributed by atoms with Crippen LogP contribution in [-0.2, 0) is 20.8 Å². The van der Waals surface area contributed by atoms with Gasteiger partial charge in [-0.3, -0.25) is 9.59 Å². The molecule has 1 aromatic rings. The first kappa shape index (κ1) is 21.5. The van der Waals surface area contributed by atoms with E-state index in [1.165, 1.54) is 12.1 Å². The minimum atomic E-state index is -1.16. The predicted octanol–water partition coefficient (Wildman–Crippen LogP) is 1.84. The molecular formula is C19H28N2O5. The molecular weight excluding hydrogens is 336 g/mol. The van der Waals surface area contributed by atoms with Crippen LogP contribution in [0.25, 0.3) is 0 Å². The van der Waals surface area contributed by atoms with Crippen molar-refractivity contribution in [1.29, 1.82) is 0 Å². The number of carboxylic acids is 1. The molecule has 0 aromatic heterocycles. The number of hydrogen-bond acceptors (Lipinski definition) is 4. The van der Waals surface area contributed by atoms with Crippen LogP contribution in [0, 0.1) is 5.92 Å². The van der Waals surface area contributed by atoms with Gasteiger partial charge in [0.2, 0.25) is 11.8 Å². The van der Waals surface area contributed by atoms with E-state index in [9.17, 15) is 24.6 Å². The Labute approximate surface area is 153 Å². The third-order valence-electron chi connectivity index (χ3n) is 4.28. The van der Waals surface area contributed by atoms with Gasteiger partial charge < -0.3 is 20.8 Å². The molecule has 7 nitrogen and oxygen atoms in total. The van der Waals surface area contributed by atoms with E-state index in [0.717, 1.165) is 0 Å². The van der Waals surface area contributed by atoms with Gasteiger partial charge in [-0.1, -0.05) is 39.3 Å². The first-order chi connectivity index (χ1) is 12.3. The summed E-state index contributed by atoms with van der Waals surface area (Å²) in [6, 6.07) is 4.23. The van der Waals surface area contributed by atoms with Gasteiger partial charge in [0.1, 0.15) is 17.8 Å². The number of benzene rings is 1. The summed E-state index contributed by atoms with van der Waals surface area (Å²) in [4.78, 5) is 36.0. The van der Waals surface area contributed by atoms with Gasteiger partial charge in [-0.25, -0.2) is 4.79 Å². The molecule has 7 heteroatoms. The van der Waals surface area contributed by atoms with Crippen molar-refractivity contribution < 1.29 is 24.6 Å². The standard InChI is InChI=1S/C19H28N2O5/c1-4-6-16(23)21-17(12(3)5-2)18(24)20-15(19(25)26)11-13-7-9-14(22)10-8-13/h7-10,12,15,17,22H,4-6,11H2,1-3H3,(H,20,24)(H,21,23)(H,25,26). The third-order valence-corrected chi connectivity index (χ3v) is 4.28. The molecule has 0 aliphatic heterocycles. The number of rotatable bonds is 10. The van der Waals surface area contributed by atoms with E-state index in [1.54, 1.807) is 12.1 Å². The molecule has 0 aliphatic carbocycles. The fourth-order valence-corrected chi connectivity index (χ4v) is 2.50. The minimum Gasteiger partial charge on any atom is -0.508 e. The number of carbonyl (C=O) groups is 3. The van der Waals surface area contributed by atoms with Gasteiger partial charge in [-0.2, -0.15) is 0 Å². The lowest BCUT2D eigenvalue weighted by Gasteiger charge is -2.25. The SMILES string of the molecule is CCCC(=O)NC(C(=O)NC(Cc1ccc(O)cc1)C(=O)O)C(C)CC. The number of amides is 2. The molecule has 0 aliphatic rings. The van der Waals surface area contributed by atoms with Crippen LogP contribution in [0.2, 0.25) is 0 Å². The lowest BCUT2D eigenvalue weighted by atomic mass is 9.97. The number of phenolic OH excluding ortho intramolecular Hbond substituents is 1. The summed E-state index contributed by atoms with van der Waals surface area (Å²) in [5.74, 6) is -1.93. The molecule has 3 unspecified atom stereocenters. The summed E-state index contributed by atoms with van der Waals surface area (Å²) in [6.45, 7) is 5.62. The lowest BCUT2D eigenvalue weighted by Crippen LogP contribution is -2.54. The Morgan fingerprint density at radius 2 is 1.69 bits per heavy atom. The Kier molecular flexibility index (Phi) is 8.61. The molecule has 0 spiro atoms. The molecule has 144 valence electrons. The average Bonchev–Trinajstić information content (AvgIpc) is 2.60. The Morgan fingerprint density at radius 3 is 2.19 bits per heavy atom. The van der Waals surface area contributed by atoms with Crippen molar-refractivity contribution in [2.24, 2.45) is 5.92 Å². The number of phenols is 1. The first-order valence-corrected chi connectivity index (χ1v) is 8.88. The second-order valence-electron chi connectivity index (χ2n) is 6.45. The maximum absolute atomic E-state index is 12.6. The largest absolute Gasteiger partial charge is 0.508 e. The molecule has 0 heterocycles. The van der Waals surface area contributed by atoms with Crippen molar-refractivity contribution in [3.63, 3.8) is 0 Å². The van der Waals surface area contributed by atoms with Crippen molar-refractivity contribution in [3.05, 3.63) is 29.8 Å². The Morgan fingerprint density at radius 1 is 1.08 bits per heavy atom. The van der Waals surface area contributed by atoms with E-state index >= 15 is 0 Å². The van der Waals surface area contributed by atoms with Gasteiger partial charge in [0.15, 0.2) is 0 Å². The molecule has 0 fully saturated rings. The maximum Gasteiger partial charge on any atom is 0.326 e. The summed E-state index contributed by atoms with van der Waals surface area (Å²) in [6.07, 6.45) is 1.73. The number of aromatic hydroxyl groups is 1. The summed E-state index contributed by atoms with van der Waals surface area (Å²) < 4.78 is 0. The number of carbonyl (C=O) groups excluding carboxylic acids is 2. The third kappa shape index (κ3) is 6.74. The second-order valence-corrected chi connectivity index (χ2v) is 6.45. The lowest BCUT2D eigenvalue weighted by molar-refractivity contribution is -0.142. The first-order valence-electron chi connectivity index (χ1n) is 8.88. The van der Waals surface area contributed by atoms with Crippen LogP contribution in [0.3, 0.4) is 0 Å². The van der Waals surface area contributed by atoms with Crippen LogP contribution in [0.15, 0.2) is 24.3 Å². The highest BCUT2D eigenvalue weighted by atomic mass is 16.4. The quantitative estimate of drug-likeness (QED) is 0.505. The number of hydrogen-bond donors (Lipinski definition) is 4. The smallest absolute Gasteiger partial charge is 0.326 e. The monoisotopic (exact) mass is 364 g/mol. The molecule has 2 amide bonds. The molecule has 26 heavy (non-hydrogen) atoms. The highest BCUT2D eigenvalue weighted by Gasteiger charge is 2.29. The van der Waals surface area contributed by atoms with Gasteiger partial charge in [0.05, 0.1) is 0 Å². The van der Waals surface area contributed by atoms with Gasteiger partial charge >= 0.3 is 5.97 Å². The van der Waals surface area contributed by atoms with E-state index in [1.807, 2.05) is 20.8 Å². The van der Waals surface area contributed by atoms with E-state index in [2.05, 4.69) is 10.6 Å². The predicted molar refractivity (Wildman–Crippen MR) is 97.7 cm³/mol. The zero-order chi connectivity index (χ0) is 19.7. The van der Waals surface area contributed by atoms with Crippen LogP contribution >= 0.6 is 0 Å². The molecule has 1 rings (SSSR count).